The van der Waals surface area contributed by atoms with Crippen LogP contribution in [0.15, 0.2) is 17.5 Å². The second-order valence-corrected chi connectivity index (χ2v) is 5.13. The maximum atomic E-state index is 11.9. The highest BCUT2D eigenvalue weighted by molar-refractivity contribution is 7.10. The van der Waals surface area contributed by atoms with Crippen LogP contribution in [0.5, 0.6) is 0 Å². The average Bonchev–Trinajstić information content (AvgIpc) is 2.89. The summed E-state index contributed by atoms with van der Waals surface area (Å²) in [5, 5.41) is 22.0. The SMILES string of the molecule is CC(c1cccs1)N(C)C(=O)N[C@H](CCO)C(=O)O. The molecule has 0 saturated carbocycles. The fourth-order valence-electron chi connectivity index (χ4n) is 1.53. The van der Waals surface area contributed by atoms with Gasteiger partial charge in [0.1, 0.15) is 6.04 Å². The first-order chi connectivity index (χ1) is 8.97. The Balaban J connectivity index is 2.63. The van der Waals surface area contributed by atoms with E-state index in [2.05, 4.69) is 5.32 Å². The lowest BCUT2D eigenvalue weighted by molar-refractivity contribution is -0.139. The summed E-state index contributed by atoms with van der Waals surface area (Å²) >= 11 is 1.53. The van der Waals surface area contributed by atoms with Crippen LogP contribution in [0.1, 0.15) is 24.3 Å². The Morgan fingerprint density at radius 1 is 1.53 bits per heavy atom. The first-order valence-electron chi connectivity index (χ1n) is 5.87. The molecule has 2 amide bonds. The molecule has 1 rings (SSSR count). The molecule has 0 aliphatic carbocycles. The standard InChI is InChI=1S/C12H18N2O4S/c1-8(10-4-3-7-19-10)14(2)12(18)13-9(5-6-15)11(16)17/h3-4,7-9,15H,5-6H2,1-2H3,(H,13,18)(H,16,17)/t8?,9-/m1/s1. The molecule has 0 aliphatic heterocycles. The number of urea groups is 1. The van der Waals surface area contributed by atoms with E-state index in [9.17, 15) is 9.59 Å². The number of carbonyl (C=O) groups is 2. The summed E-state index contributed by atoms with van der Waals surface area (Å²) in [5.41, 5.74) is 0. The smallest absolute Gasteiger partial charge is 0.326 e. The van der Waals surface area contributed by atoms with Crippen molar-refractivity contribution in [1.82, 2.24) is 10.2 Å². The van der Waals surface area contributed by atoms with Gasteiger partial charge in [0, 0.05) is 25.0 Å². The number of amides is 2. The van der Waals surface area contributed by atoms with Gasteiger partial charge in [-0.15, -0.1) is 11.3 Å². The molecule has 2 atom stereocenters. The maximum Gasteiger partial charge on any atom is 0.326 e. The molecule has 0 aromatic carbocycles. The minimum Gasteiger partial charge on any atom is -0.480 e. The van der Waals surface area contributed by atoms with E-state index in [0.717, 1.165) is 4.88 Å². The van der Waals surface area contributed by atoms with E-state index in [-0.39, 0.29) is 19.1 Å². The maximum absolute atomic E-state index is 11.9. The van der Waals surface area contributed by atoms with Crippen molar-refractivity contribution in [3.63, 3.8) is 0 Å². The Hall–Kier alpha value is -1.60. The molecular weight excluding hydrogens is 268 g/mol. The lowest BCUT2D eigenvalue weighted by Gasteiger charge is -2.26. The predicted octanol–water partition coefficient (Wildman–Crippen LogP) is 1.29. The van der Waals surface area contributed by atoms with Gasteiger partial charge in [0.05, 0.1) is 6.04 Å². The predicted molar refractivity (Wildman–Crippen MR) is 72.2 cm³/mol. The van der Waals surface area contributed by atoms with Crippen molar-refractivity contribution in [2.45, 2.75) is 25.4 Å². The molecule has 0 fully saturated rings. The number of thiophene rings is 1. The molecule has 1 unspecified atom stereocenters. The van der Waals surface area contributed by atoms with Gasteiger partial charge >= 0.3 is 12.0 Å². The van der Waals surface area contributed by atoms with Crippen molar-refractivity contribution < 1.29 is 19.8 Å². The monoisotopic (exact) mass is 286 g/mol. The number of nitrogens with zero attached hydrogens (tertiary/aromatic N) is 1. The molecule has 0 spiro atoms. The topological polar surface area (TPSA) is 89.9 Å². The number of nitrogens with one attached hydrogen (secondary N) is 1. The summed E-state index contributed by atoms with van der Waals surface area (Å²) in [5.74, 6) is -1.15. The van der Waals surface area contributed by atoms with E-state index in [1.807, 2.05) is 24.4 Å². The largest absolute Gasteiger partial charge is 0.480 e. The second-order valence-electron chi connectivity index (χ2n) is 4.15. The molecule has 6 nitrogen and oxygen atoms in total. The van der Waals surface area contributed by atoms with Crippen LogP contribution in [0.25, 0.3) is 0 Å². The van der Waals surface area contributed by atoms with Gasteiger partial charge in [-0.05, 0) is 18.4 Å². The minimum absolute atomic E-state index is 0.0116. The summed E-state index contributed by atoms with van der Waals surface area (Å²) in [4.78, 5) is 25.3. The van der Waals surface area contributed by atoms with E-state index in [1.165, 1.54) is 16.2 Å². The molecule has 1 aromatic heterocycles. The van der Waals surface area contributed by atoms with Crippen LogP contribution in [0.2, 0.25) is 0 Å². The number of rotatable bonds is 6. The zero-order chi connectivity index (χ0) is 14.4. The van der Waals surface area contributed by atoms with Crippen molar-refractivity contribution in [1.29, 1.82) is 0 Å². The first-order valence-corrected chi connectivity index (χ1v) is 6.75. The highest BCUT2D eigenvalue weighted by Gasteiger charge is 2.24. The number of hydrogen-bond acceptors (Lipinski definition) is 4. The van der Waals surface area contributed by atoms with Crippen molar-refractivity contribution in [3.8, 4) is 0 Å². The Bertz CT molecular complexity index is 421. The highest BCUT2D eigenvalue weighted by Crippen LogP contribution is 2.23. The van der Waals surface area contributed by atoms with Gasteiger partial charge in [0.2, 0.25) is 0 Å². The third-order valence-electron chi connectivity index (χ3n) is 2.87. The van der Waals surface area contributed by atoms with E-state index < -0.39 is 18.0 Å². The fraction of sp³-hybridized carbons (Fsp3) is 0.500. The minimum atomic E-state index is -1.15. The Kier molecular flexibility index (Phi) is 5.78. The van der Waals surface area contributed by atoms with Gasteiger partial charge < -0.3 is 20.4 Å². The summed E-state index contributed by atoms with van der Waals surface area (Å²) in [7, 11) is 1.61. The van der Waals surface area contributed by atoms with Gasteiger partial charge in [-0.2, -0.15) is 0 Å². The zero-order valence-corrected chi connectivity index (χ0v) is 11.7. The number of aliphatic hydroxyl groups excluding tert-OH is 1. The molecule has 19 heavy (non-hydrogen) atoms. The van der Waals surface area contributed by atoms with Crippen molar-refractivity contribution in [3.05, 3.63) is 22.4 Å². The van der Waals surface area contributed by atoms with Gasteiger partial charge in [0.15, 0.2) is 0 Å². The van der Waals surface area contributed by atoms with Crippen LogP contribution < -0.4 is 5.32 Å². The molecule has 106 valence electrons. The third kappa shape index (κ3) is 4.22. The number of aliphatic hydroxyl groups is 1. The van der Waals surface area contributed by atoms with Gasteiger partial charge in [-0.25, -0.2) is 9.59 Å². The van der Waals surface area contributed by atoms with Crippen molar-refractivity contribution in [2.75, 3.05) is 13.7 Å². The van der Waals surface area contributed by atoms with Crippen LogP contribution in [-0.2, 0) is 4.79 Å². The third-order valence-corrected chi connectivity index (χ3v) is 3.91. The quantitative estimate of drug-likeness (QED) is 0.735. The Morgan fingerprint density at radius 2 is 2.21 bits per heavy atom. The van der Waals surface area contributed by atoms with Crippen molar-refractivity contribution >= 4 is 23.3 Å². The van der Waals surface area contributed by atoms with Crippen LogP contribution in [-0.4, -0.2) is 46.8 Å². The molecule has 0 saturated heterocycles. The van der Waals surface area contributed by atoms with E-state index in [4.69, 9.17) is 10.2 Å². The first kappa shape index (κ1) is 15.5. The number of carboxylic acid groups (broad SMARTS) is 1. The van der Waals surface area contributed by atoms with Gasteiger partial charge in [0.25, 0.3) is 0 Å². The summed E-state index contributed by atoms with van der Waals surface area (Å²) in [6.45, 7) is 1.58. The Labute approximate surface area is 115 Å². The van der Waals surface area contributed by atoms with E-state index in [1.54, 1.807) is 7.05 Å². The molecule has 7 heteroatoms. The second kappa shape index (κ2) is 7.10. The molecule has 0 aliphatic rings. The molecule has 1 aromatic rings. The van der Waals surface area contributed by atoms with E-state index in [0.29, 0.717) is 0 Å². The van der Waals surface area contributed by atoms with Crippen LogP contribution in [0, 0.1) is 0 Å². The fourth-order valence-corrected chi connectivity index (χ4v) is 2.36. The zero-order valence-electron chi connectivity index (χ0n) is 10.9. The number of aliphatic carboxylic acids is 1. The number of carbonyl (C=O) groups excluding carboxylic acids is 1. The average molecular weight is 286 g/mol. The number of hydrogen-bond donors (Lipinski definition) is 3. The normalized spacial score (nSPS) is 13.6. The lowest BCUT2D eigenvalue weighted by Crippen LogP contribution is -2.47. The van der Waals surface area contributed by atoms with Crippen LogP contribution in [0.4, 0.5) is 4.79 Å². The summed E-state index contributed by atoms with van der Waals surface area (Å²) < 4.78 is 0. The molecular formula is C12H18N2O4S. The summed E-state index contributed by atoms with van der Waals surface area (Å²) in [6.07, 6.45) is -0.0116. The molecule has 3 N–H and O–H groups in total. The van der Waals surface area contributed by atoms with Crippen LogP contribution in [0.3, 0.4) is 0 Å². The lowest BCUT2D eigenvalue weighted by atomic mass is 10.2. The Morgan fingerprint density at radius 3 is 2.68 bits per heavy atom. The van der Waals surface area contributed by atoms with Gasteiger partial charge in [-0.1, -0.05) is 6.07 Å². The molecule has 1 heterocycles. The van der Waals surface area contributed by atoms with E-state index >= 15 is 0 Å². The van der Waals surface area contributed by atoms with Gasteiger partial charge in [-0.3, -0.25) is 0 Å². The summed E-state index contributed by atoms with van der Waals surface area (Å²) in [6, 6.07) is 2.14. The molecule has 0 radical (unpaired) electrons. The molecule has 0 bridgehead atoms. The van der Waals surface area contributed by atoms with Crippen LogP contribution >= 0.6 is 11.3 Å². The number of carboxylic acids is 1. The van der Waals surface area contributed by atoms with Crippen molar-refractivity contribution in [2.24, 2.45) is 0 Å². The highest BCUT2D eigenvalue weighted by atomic mass is 32.1.